The number of para-hydroxylation sites is 5. The van der Waals surface area contributed by atoms with Gasteiger partial charge < -0.3 is 48.2 Å². The number of alkyl halides is 1. The van der Waals surface area contributed by atoms with Crippen LogP contribution in [0.2, 0.25) is 0 Å². The normalized spacial score (nSPS) is 7.83. The predicted octanol–water partition coefficient (Wildman–Crippen LogP) is 9.85. The summed E-state index contributed by atoms with van der Waals surface area (Å²) in [5.74, 6) is 1.36. The molecule has 352 valence electrons. The van der Waals surface area contributed by atoms with Crippen LogP contribution in [-0.4, -0.2) is 47.7 Å². The molecular formula is C48H69Cl3KN3O8S. The zero-order chi connectivity index (χ0) is 50.4. The molecule has 0 atom stereocenters. The third-order valence-electron chi connectivity index (χ3n) is 6.03. The Morgan fingerprint density at radius 3 is 1.08 bits per heavy atom. The van der Waals surface area contributed by atoms with Crippen LogP contribution in [0.15, 0.2) is 121 Å². The molecule has 16 heteroatoms. The van der Waals surface area contributed by atoms with Crippen molar-refractivity contribution in [3.05, 3.63) is 156 Å². The number of benzene rings is 5. The second-order valence-corrected chi connectivity index (χ2v) is 12.3. The van der Waals surface area contributed by atoms with Crippen LogP contribution in [0.25, 0.3) is 0 Å². The summed E-state index contributed by atoms with van der Waals surface area (Å²) < 4.78 is 9.09. The van der Waals surface area contributed by atoms with Gasteiger partial charge in [-0.15, -0.1) is 11.6 Å². The van der Waals surface area contributed by atoms with Crippen LogP contribution in [0.4, 0.5) is 0 Å². The largest absolute Gasteiger partial charge is 1.00 e. The molecule has 11 nitrogen and oxygen atoms in total. The Morgan fingerprint density at radius 1 is 0.578 bits per heavy atom. The van der Waals surface area contributed by atoms with E-state index in [1.807, 2.05) is 93.5 Å². The van der Waals surface area contributed by atoms with Gasteiger partial charge in [0, 0.05) is 38.1 Å². The van der Waals surface area contributed by atoms with Gasteiger partial charge in [0.1, 0.15) is 28.7 Å². The van der Waals surface area contributed by atoms with Crippen molar-refractivity contribution in [1.29, 1.82) is 10.5 Å². The smallest absolute Gasteiger partial charge is 0.512 e. The number of aliphatic hydroxyl groups excluding tert-OH is 1. The van der Waals surface area contributed by atoms with E-state index in [1.54, 1.807) is 97.1 Å². The fraction of sp³-hybridized carbons (Fsp3) is 0.312. The van der Waals surface area contributed by atoms with E-state index in [0.29, 0.717) is 41.2 Å². The number of halogens is 3. The number of aromatic hydroxyl groups is 5. The second-order valence-electron chi connectivity index (χ2n) is 9.54. The van der Waals surface area contributed by atoms with Gasteiger partial charge in [0.15, 0.2) is 6.29 Å². The second kappa shape index (κ2) is 63.6. The summed E-state index contributed by atoms with van der Waals surface area (Å²) in [4.78, 5) is 10.1. The molecule has 0 aromatic heterocycles. The van der Waals surface area contributed by atoms with E-state index in [2.05, 4.69) is 21.4 Å². The summed E-state index contributed by atoms with van der Waals surface area (Å²) in [6, 6.07) is 36.2. The first-order chi connectivity index (χ1) is 30.4. The Balaban J connectivity index is -0.0000000941. The molecule has 0 heterocycles. The minimum absolute atomic E-state index is 0. The first-order valence-electron chi connectivity index (χ1n) is 20.0. The fourth-order valence-electron chi connectivity index (χ4n) is 3.48. The zero-order valence-corrected chi connectivity index (χ0v) is 45.4. The molecule has 0 unspecified atom stereocenters. The molecule has 0 fully saturated rings. The average molecular weight is 994 g/mol. The number of carbonyl (C=O) groups is 1. The Kier molecular flexibility index (Phi) is 77.1. The van der Waals surface area contributed by atoms with Crippen molar-refractivity contribution >= 4 is 48.5 Å². The van der Waals surface area contributed by atoms with E-state index < -0.39 is 9.23 Å². The topological polar surface area (TPSA) is 229 Å². The molecule has 5 rings (SSSR count). The number of nitriles is 1. The van der Waals surface area contributed by atoms with Crippen LogP contribution in [0.1, 0.15) is 102 Å². The molecule has 0 amide bonds. The van der Waals surface area contributed by atoms with Crippen molar-refractivity contribution in [2.24, 2.45) is 5.73 Å². The number of aliphatic hydroxyl groups is 1. The first kappa shape index (κ1) is 77.5. The van der Waals surface area contributed by atoms with Crippen molar-refractivity contribution in [2.75, 3.05) is 6.54 Å². The standard InChI is InChI=1S/C8H11NO.C8H7NO.C7H7ClO.C7H8O2.C7H6O2.5C2H6.CN.Cl2OS.K/c2*9-6-5-7-3-1-2-4-8(7)10;3*8-5-6-3-1-2-4-7(6)9;6*1-2;1-4(2)3;/h1-4,10H,5-6,9H2;1-4,10H,5H2;1-4,9H,5H2;1-4,8-9H,5H2;1-5,9H;5*1-2H3;;;/q;;;;;;;;;;-1;;+1. The van der Waals surface area contributed by atoms with Crippen molar-refractivity contribution < 1.29 is 91.0 Å². The van der Waals surface area contributed by atoms with Crippen molar-refractivity contribution in [3.63, 3.8) is 0 Å². The molecule has 64 heavy (non-hydrogen) atoms. The number of hydrogen-bond acceptors (Lipinski definition) is 11. The summed E-state index contributed by atoms with van der Waals surface area (Å²) in [6.45, 7) is 25.2. The van der Waals surface area contributed by atoms with Gasteiger partial charge in [-0.1, -0.05) is 154 Å². The minimum Gasteiger partial charge on any atom is -0.512 e. The number of hydrogen-bond donors (Lipinski definition) is 7. The number of phenolic OH excluding ortho intramolecular Hbond substituents is 4. The van der Waals surface area contributed by atoms with Crippen LogP contribution in [0, 0.1) is 23.2 Å². The molecule has 5 aromatic carbocycles. The van der Waals surface area contributed by atoms with Crippen LogP contribution >= 0.6 is 33.0 Å². The van der Waals surface area contributed by atoms with E-state index in [-0.39, 0.29) is 87.4 Å². The average Bonchev–Trinajstić information content (AvgIpc) is 3.33. The number of aldehydes is 1. The monoisotopic (exact) mass is 991 g/mol. The maximum atomic E-state index is 10.1. The van der Waals surface area contributed by atoms with Crippen LogP contribution in [0.3, 0.4) is 0 Å². The van der Waals surface area contributed by atoms with Crippen molar-refractivity contribution in [2.45, 2.75) is 94.6 Å². The summed E-state index contributed by atoms with van der Waals surface area (Å²) in [5.41, 5.74) is 8.60. The quantitative estimate of drug-likeness (QED) is 0.0278. The zero-order valence-electron chi connectivity index (χ0n) is 39.2. The van der Waals surface area contributed by atoms with E-state index in [1.165, 1.54) is 6.07 Å². The fourth-order valence-corrected chi connectivity index (χ4v) is 3.70. The third-order valence-corrected chi connectivity index (χ3v) is 6.32. The van der Waals surface area contributed by atoms with Gasteiger partial charge in [0.05, 0.1) is 30.5 Å². The maximum absolute atomic E-state index is 10.1. The first-order valence-corrected chi connectivity index (χ1v) is 23.3. The number of carbonyl (C=O) groups excluding carboxylic acids is 1. The van der Waals surface area contributed by atoms with Gasteiger partial charge >= 0.3 is 51.4 Å². The Bertz CT molecular complexity index is 1790. The van der Waals surface area contributed by atoms with Crippen LogP contribution in [0.5, 0.6) is 28.7 Å². The van der Waals surface area contributed by atoms with Gasteiger partial charge in [0.25, 0.3) is 0 Å². The Hall–Kier alpha value is -3.67. The molecule has 8 N–H and O–H groups in total. The number of phenols is 5. The maximum Gasteiger partial charge on any atom is 1.00 e. The van der Waals surface area contributed by atoms with Crippen LogP contribution < -0.4 is 57.1 Å². The minimum atomic E-state index is -1.67. The Labute approximate surface area is 443 Å². The summed E-state index contributed by atoms with van der Waals surface area (Å²) in [7, 11) is 7.36. The van der Waals surface area contributed by atoms with Gasteiger partial charge in [0.2, 0.25) is 9.23 Å². The van der Waals surface area contributed by atoms with Gasteiger partial charge in [-0.05, 0) is 54.9 Å². The van der Waals surface area contributed by atoms with E-state index in [0.717, 1.165) is 17.5 Å². The summed E-state index contributed by atoms with van der Waals surface area (Å²) >= 11 is 5.47. The molecule has 0 aliphatic rings. The molecular weight excluding hydrogens is 924 g/mol. The van der Waals surface area contributed by atoms with Crippen molar-refractivity contribution in [1.82, 2.24) is 0 Å². The number of rotatable bonds is 6. The van der Waals surface area contributed by atoms with E-state index in [9.17, 15) is 9.90 Å². The molecule has 5 aromatic rings. The van der Waals surface area contributed by atoms with E-state index >= 15 is 0 Å². The van der Waals surface area contributed by atoms with Gasteiger partial charge in [-0.2, -0.15) is 5.26 Å². The number of nitrogens with zero attached hydrogens (tertiary/aromatic N) is 2. The third kappa shape index (κ3) is 47.8. The Morgan fingerprint density at radius 2 is 0.859 bits per heavy atom. The summed E-state index contributed by atoms with van der Waals surface area (Å²) in [6.07, 6.45) is 1.63. The number of nitrogens with two attached hydrogens (primary N) is 1. The van der Waals surface area contributed by atoms with Gasteiger partial charge in [-0.25, -0.2) is 4.21 Å². The molecule has 0 radical (unpaired) electrons. The molecule has 0 bridgehead atoms. The molecule has 0 aliphatic heterocycles. The molecule has 0 saturated heterocycles. The molecule has 0 aliphatic carbocycles. The summed E-state index contributed by atoms with van der Waals surface area (Å²) in [5, 5.41) is 68.2. The van der Waals surface area contributed by atoms with Crippen LogP contribution in [-0.2, 0) is 34.6 Å². The van der Waals surface area contributed by atoms with Crippen molar-refractivity contribution in [3.8, 4) is 34.8 Å². The van der Waals surface area contributed by atoms with Gasteiger partial charge in [-0.3, -0.25) is 4.79 Å². The SMILES string of the molecule is CC.CC.CC.CC.CC.N#CCc1ccccc1O.NCCc1ccccc1O.O=Cc1ccccc1O.O=S(Cl)Cl.OCc1ccccc1O.Oc1ccccc1CCl.[C-]#N.[K+]. The molecule has 0 saturated carbocycles. The predicted molar refractivity (Wildman–Crippen MR) is 265 cm³/mol. The van der Waals surface area contributed by atoms with E-state index in [4.69, 9.17) is 64.2 Å². The molecule has 0 spiro atoms.